The Morgan fingerprint density at radius 2 is 2.07 bits per heavy atom. The molecule has 1 unspecified atom stereocenters. The third-order valence-electron chi connectivity index (χ3n) is 3.04. The van der Waals surface area contributed by atoms with Gasteiger partial charge in [0.15, 0.2) is 0 Å². The molecule has 0 amide bonds. The van der Waals surface area contributed by atoms with Gasteiger partial charge in [0.1, 0.15) is 0 Å². The second-order valence-corrected chi connectivity index (χ2v) is 4.67. The van der Waals surface area contributed by atoms with Crippen molar-refractivity contribution in [2.24, 2.45) is 5.92 Å². The summed E-state index contributed by atoms with van der Waals surface area (Å²) in [5.41, 5.74) is 0. The minimum absolute atomic E-state index is 0.619. The maximum Gasteiger partial charge on any atom is 0.0593 e. The summed E-state index contributed by atoms with van der Waals surface area (Å²) < 4.78 is 5.46. The fraction of sp³-hybridized carbons (Fsp3) is 1.00. The van der Waals surface area contributed by atoms with Gasteiger partial charge in [0, 0.05) is 32.3 Å². The Morgan fingerprint density at radius 1 is 1.27 bits per heavy atom. The third-order valence-corrected chi connectivity index (χ3v) is 3.04. The Morgan fingerprint density at radius 3 is 2.73 bits per heavy atom. The van der Waals surface area contributed by atoms with Crippen molar-refractivity contribution in [1.82, 2.24) is 10.2 Å². The Kier molecular flexibility index (Phi) is 6.22. The van der Waals surface area contributed by atoms with Crippen LogP contribution in [0.5, 0.6) is 0 Å². The summed E-state index contributed by atoms with van der Waals surface area (Å²) in [4.78, 5) is 2.53. The van der Waals surface area contributed by atoms with Crippen molar-refractivity contribution >= 4 is 0 Å². The van der Waals surface area contributed by atoms with Crippen molar-refractivity contribution in [3.05, 3.63) is 0 Å². The topological polar surface area (TPSA) is 24.5 Å². The first-order valence-electron chi connectivity index (χ1n) is 6.27. The average Bonchev–Trinajstić information content (AvgIpc) is 2.45. The lowest BCUT2D eigenvalue weighted by Crippen LogP contribution is -2.44. The molecular weight excluding hydrogens is 188 g/mol. The highest BCUT2D eigenvalue weighted by Crippen LogP contribution is 2.06. The summed E-state index contributed by atoms with van der Waals surface area (Å²) in [5, 5.41) is 3.57. The van der Waals surface area contributed by atoms with Gasteiger partial charge < -0.3 is 10.1 Å². The highest BCUT2D eigenvalue weighted by Gasteiger charge is 2.17. The first kappa shape index (κ1) is 12.9. The van der Waals surface area contributed by atoms with Crippen molar-refractivity contribution in [3.8, 4) is 0 Å². The van der Waals surface area contributed by atoms with Crippen LogP contribution in [0.2, 0.25) is 0 Å². The van der Waals surface area contributed by atoms with E-state index in [1.807, 2.05) is 0 Å². The van der Waals surface area contributed by atoms with Crippen LogP contribution < -0.4 is 5.32 Å². The van der Waals surface area contributed by atoms with Crippen LogP contribution in [0.4, 0.5) is 0 Å². The molecule has 0 aromatic rings. The largest absolute Gasteiger partial charge is 0.380 e. The first-order chi connectivity index (χ1) is 7.24. The lowest BCUT2D eigenvalue weighted by Gasteiger charge is -2.28. The average molecular weight is 214 g/mol. The molecule has 1 saturated heterocycles. The molecule has 1 fully saturated rings. The number of nitrogens with zero attached hydrogens (tertiary/aromatic N) is 1. The molecule has 15 heavy (non-hydrogen) atoms. The predicted octanol–water partition coefficient (Wildman–Crippen LogP) is 1.34. The second kappa shape index (κ2) is 7.20. The molecular formula is C12H26N2O. The number of hydrogen-bond acceptors (Lipinski definition) is 3. The van der Waals surface area contributed by atoms with Crippen molar-refractivity contribution in [3.63, 3.8) is 0 Å². The maximum atomic E-state index is 5.46. The van der Waals surface area contributed by atoms with Crippen LogP contribution >= 0.6 is 0 Å². The van der Waals surface area contributed by atoms with Crippen molar-refractivity contribution < 1.29 is 4.74 Å². The van der Waals surface area contributed by atoms with Crippen LogP contribution in [-0.2, 0) is 4.74 Å². The summed E-state index contributed by atoms with van der Waals surface area (Å²) in [7, 11) is 0. The Balaban J connectivity index is 2.34. The molecule has 0 bridgehead atoms. The molecule has 90 valence electrons. The molecule has 1 aliphatic rings. The van der Waals surface area contributed by atoms with E-state index < -0.39 is 0 Å². The minimum Gasteiger partial charge on any atom is -0.380 e. The van der Waals surface area contributed by atoms with E-state index in [2.05, 4.69) is 31.0 Å². The number of rotatable bonds is 5. The lowest BCUT2D eigenvalue weighted by molar-refractivity contribution is 0.137. The number of likely N-dealkylation sites (N-methyl/N-ethyl adjacent to an activating group) is 1. The smallest absolute Gasteiger partial charge is 0.0593 e. The van der Waals surface area contributed by atoms with Gasteiger partial charge in [-0.1, -0.05) is 20.8 Å². The van der Waals surface area contributed by atoms with Crippen LogP contribution in [0.1, 0.15) is 27.2 Å². The van der Waals surface area contributed by atoms with Gasteiger partial charge in [-0.25, -0.2) is 0 Å². The van der Waals surface area contributed by atoms with Crippen molar-refractivity contribution in [1.29, 1.82) is 0 Å². The van der Waals surface area contributed by atoms with Gasteiger partial charge in [0.25, 0.3) is 0 Å². The molecule has 1 rings (SSSR count). The fourth-order valence-electron chi connectivity index (χ4n) is 2.03. The van der Waals surface area contributed by atoms with Crippen LogP contribution in [-0.4, -0.2) is 50.3 Å². The van der Waals surface area contributed by atoms with Gasteiger partial charge in [-0.2, -0.15) is 0 Å². The lowest BCUT2D eigenvalue weighted by atomic mass is 10.0. The van der Waals surface area contributed by atoms with Gasteiger partial charge in [-0.05, 0) is 18.9 Å². The molecule has 0 aliphatic carbocycles. The summed E-state index contributed by atoms with van der Waals surface area (Å²) in [6.45, 7) is 13.1. The van der Waals surface area contributed by atoms with Gasteiger partial charge >= 0.3 is 0 Å². The molecule has 0 saturated carbocycles. The Hall–Kier alpha value is -0.120. The normalized spacial score (nSPS) is 21.6. The molecule has 0 aromatic heterocycles. The predicted molar refractivity (Wildman–Crippen MR) is 64.2 cm³/mol. The summed E-state index contributed by atoms with van der Waals surface area (Å²) in [6.07, 6.45) is 1.18. The van der Waals surface area contributed by atoms with Gasteiger partial charge in [0.05, 0.1) is 6.61 Å². The van der Waals surface area contributed by atoms with E-state index in [4.69, 9.17) is 4.74 Å². The minimum atomic E-state index is 0.619. The van der Waals surface area contributed by atoms with E-state index in [1.165, 1.54) is 13.0 Å². The Labute approximate surface area is 94.2 Å². The SMILES string of the molecule is CCNC(CN1CCCOCC1)C(C)C. The molecule has 0 spiro atoms. The summed E-state index contributed by atoms with van der Waals surface area (Å²) >= 11 is 0. The molecule has 1 aliphatic heterocycles. The number of ether oxygens (including phenoxy) is 1. The van der Waals surface area contributed by atoms with E-state index in [-0.39, 0.29) is 0 Å². The summed E-state index contributed by atoms with van der Waals surface area (Å²) in [5.74, 6) is 0.703. The maximum absolute atomic E-state index is 5.46. The second-order valence-electron chi connectivity index (χ2n) is 4.67. The highest BCUT2D eigenvalue weighted by molar-refractivity contribution is 4.75. The molecule has 3 nitrogen and oxygen atoms in total. The van der Waals surface area contributed by atoms with E-state index in [0.717, 1.165) is 32.8 Å². The van der Waals surface area contributed by atoms with E-state index in [1.54, 1.807) is 0 Å². The highest BCUT2D eigenvalue weighted by atomic mass is 16.5. The van der Waals surface area contributed by atoms with Crippen LogP contribution in [0, 0.1) is 5.92 Å². The molecule has 0 radical (unpaired) electrons. The van der Waals surface area contributed by atoms with Crippen LogP contribution in [0.15, 0.2) is 0 Å². The van der Waals surface area contributed by atoms with E-state index >= 15 is 0 Å². The quantitative estimate of drug-likeness (QED) is 0.747. The van der Waals surface area contributed by atoms with Gasteiger partial charge in [0.2, 0.25) is 0 Å². The van der Waals surface area contributed by atoms with Crippen LogP contribution in [0.25, 0.3) is 0 Å². The summed E-state index contributed by atoms with van der Waals surface area (Å²) in [6, 6.07) is 0.619. The zero-order valence-electron chi connectivity index (χ0n) is 10.5. The Bertz CT molecular complexity index is 154. The number of hydrogen-bond donors (Lipinski definition) is 1. The van der Waals surface area contributed by atoms with Gasteiger partial charge in [-0.3, -0.25) is 4.90 Å². The first-order valence-corrected chi connectivity index (χ1v) is 6.27. The standard InChI is InChI=1S/C12H26N2O/c1-4-13-12(11(2)3)10-14-6-5-8-15-9-7-14/h11-13H,4-10H2,1-3H3. The zero-order chi connectivity index (χ0) is 11.1. The molecule has 0 aromatic carbocycles. The van der Waals surface area contributed by atoms with Crippen LogP contribution in [0.3, 0.4) is 0 Å². The monoisotopic (exact) mass is 214 g/mol. The molecule has 1 heterocycles. The van der Waals surface area contributed by atoms with Crippen molar-refractivity contribution in [2.45, 2.75) is 33.2 Å². The van der Waals surface area contributed by atoms with Gasteiger partial charge in [-0.15, -0.1) is 0 Å². The van der Waals surface area contributed by atoms with E-state index in [0.29, 0.717) is 12.0 Å². The number of nitrogens with one attached hydrogen (secondary N) is 1. The fourth-order valence-corrected chi connectivity index (χ4v) is 2.03. The van der Waals surface area contributed by atoms with Crippen molar-refractivity contribution in [2.75, 3.05) is 39.4 Å². The zero-order valence-corrected chi connectivity index (χ0v) is 10.5. The molecule has 1 atom stereocenters. The third kappa shape index (κ3) is 4.96. The van der Waals surface area contributed by atoms with E-state index in [9.17, 15) is 0 Å². The molecule has 1 N–H and O–H groups in total. The molecule has 3 heteroatoms.